The second-order valence-corrected chi connectivity index (χ2v) is 5.83. The summed E-state index contributed by atoms with van der Waals surface area (Å²) in [7, 11) is 0. The molecular formula is C17H24N2O4. The lowest BCUT2D eigenvalue weighted by Gasteiger charge is -2.14. The highest BCUT2D eigenvalue weighted by molar-refractivity contribution is 5.88. The summed E-state index contributed by atoms with van der Waals surface area (Å²) in [5.74, 6) is -0.583. The number of anilines is 1. The fourth-order valence-corrected chi connectivity index (χ4v) is 1.82. The number of nitrogens with one attached hydrogen (secondary N) is 2. The van der Waals surface area contributed by atoms with E-state index in [1.54, 1.807) is 31.2 Å². The van der Waals surface area contributed by atoms with Gasteiger partial charge < -0.3 is 15.4 Å². The van der Waals surface area contributed by atoms with Crippen LogP contribution in [0.25, 0.3) is 0 Å². The van der Waals surface area contributed by atoms with Gasteiger partial charge in [-0.25, -0.2) is 0 Å². The molecule has 0 aliphatic heterocycles. The van der Waals surface area contributed by atoms with Gasteiger partial charge in [-0.2, -0.15) is 0 Å². The lowest BCUT2D eigenvalue weighted by molar-refractivity contribution is -0.154. The predicted molar refractivity (Wildman–Crippen MR) is 87.9 cm³/mol. The molecule has 2 N–H and O–H groups in total. The Morgan fingerprint density at radius 2 is 1.70 bits per heavy atom. The highest BCUT2D eigenvalue weighted by atomic mass is 16.5. The average molecular weight is 320 g/mol. The molecule has 126 valence electrons. The van der Waals surface area contributed by atoms with Crippen LogP contribution in [0.3, 0.4) is 0 Å². The maximum Gasteiger partial charge on any atom is 0.311 e. The van der Waals surface area contributed by atoms with Crippen molar-refractivity contribution in [3.63, 3.8) is 0 Å². The second kappa shape index (κ2) is 8.92. The quantitative estimate of drug-likeness (QED) is 0.751. The van der Waals surface area contributed by atoms with Gasteiger partial charge in [-0.05, 0) is 30.5 Å². The SMILES string of the molecule is CC(=O)Nc1ccc(CC(=O)O[C@@H](C)C(=O)NCC(C)C)cc1. The third-order valence-electron chi connectivity index (χ3n) is 2.98. The molecule has 1 rings (SSSR count). The van der Waals surface area contributed by atoms with Crippen LogP contribution in [0.1, 0.15) is 33.3 Å². The molecule has 0 unspecified atom stereocenters. The third kappa shape index (κ3) is 7.44. The molecule has 0 fully saturated rings. The third-order valence-corrected chi connectivity index (χ3v) is 2.98. The molecule has 0 radical (unpaired) electrons. The Balaban J connectivity index is 2.46. The van der Waals surface area contributed by atoms with Gasteiger partial charge in [0.25, 0.3) is 5.91 Å². The standard InChI is InChI=1S/C17H24N2O4/c1-11(2)10-18-17(22)12(3)23-16(21)9-14-5-7-15(8-6-14)19-13(4)20/h5-8,11-12H,9-10H2,1-4H3,(H,18,22)(H,19,20)/t12-/m0/s1. The largest absolute Gasteiger partial charge is 0.452 e. The van der Waals surface area contributed by atoms with Crippen LogP contribution >= 0.6 is 0 Å². The smallest absolute Gasteiger partial charge is 0.311 e. The lowest BCUT2D eigenvalue weighted by Crippen LogP contribution is -2.37. The average Bonchev–Trinajstić information content (AvgIpc) is 2.46. The van der Waals surface area contributed by atoms with Crippen molar-refractivity contribution in [1.82, 2.24) is 5.32 Å². The van der Waals surface area contributed by atoms with E-state index in [1.807, 2.05) is 13.8 Å². The first-order chi connectivity index (χ1) is 10.8. The van der Waals surface area contributed by atoms with Crippen molar-refractivity contribution >= 4 is 23.5 Å². The van der Waals surface area contributed by atoms with E-state index in [0.29, 0.717) is 18.2 Å². The number of esters is 1. The molecule has 1 atom stereocenters. The Morgan fingerprint density at radius 3 is 2.22 bits per heavy atom. The molecule has 6 heteroatoms. The number of carbonyl (C=O) groups excluding carboxylic acids is 3. The highest BCUT2D eigenvalue weighted by Gasteiger charge is 2.17. The lowest BCUT2D eigenvalue weighted by atomic mass is 10.1. The number of hydrogen-bond donors (Lipinski definition) is 2. The van der Waals surface area contributed by atoms with Gasteiger partial charge in [0.2, 0.25) is 5.91 Å². The first-order valence-electron chi connectivity index (χ1n) is 7.61. The number of rotatable bonds is 7. The van der Waals surface area contributed by atoms with E-state index in [1.165, 1.54) is 6.92 Å². The Hall–Kier alpha value is -2.37. The van der Waals surface area contributed by atoms with Gasteiger partial charge >= 0.3 is 5.97 Å². The van der Waals surface area contributed by atoms with Gasteiger partial charge in [-0.1, -0.05) is 26.0 Å². The molecule has 6 nitrogen and oxygen atoms in total. The van der Waals surface area contributed by atoms with Crippen molar-refractivity contribution in [1.29, 1.82) is 0 Å². The van der Waals surface area contributed by atoms with E-state index in [0.717, 1.165) is 5.56 Å². The summed E-state index contributed by atoms with van der Waals surface area (Å²) in [5, 5.41) is 5.37. The van der Waals surface area contributed by atoms with Gasteiger partial charge in [0.05, 0.1) is 6.42 Å². The van der Waals surface area contributed by atoms with E-state index in [-0.39, 0.29) is 18.2 Å². The molecule has 0 spiro atoms. The van der Waals surface area contributed by atoms with Crippen LogP contribution in [0.2, 0.25) is 0 Å². The summed E-state index contributed by atoms with van der Waals surface area (Å²) in [4.78, 5) is 34.5. The molecule has 1 aromatic rings. The van der Waals surface area contributed by atoms with Crippen molar-refractivity contribution in [3.8, 4) is 0 Å². The minimum atomic E-state index is -0.820. The summed E-state index contributed by atoms with van der Waals surface area (Å²) in [6, 6.07) is 6.89. The van der Waals surface area contributed by atoms with Gasteiger partial charge in [-0.15, -0.1) is 0 Å². The van der Waals surface area contributed by atoms with Crippen LogP contribution in [0.5, 0.6) is 0 Å². The summed E-state index contributed by atoms with van der Waals surface area (Å²) < 4.78 is 5.12. The fraction of sp³-hybridized carbons (Fsp3) is 0.471. The minimum Gasteiger partial charge on any atom is -0.452 e. The summed E-state index contributed by atoms with van der Waals surface area (Å²) in [6.07, 6.45) is -0.748. The summed E-state index contributed by atoms with van der Waals surface area (Å²) in [6.45, 7) is 7.50. The monoisotopic (exact) mass is 320 g/mol. The fourth-order valence-electron chi connectivity index (χ4n) is 1.82. The molecule has 0 aliphatic rings. The zero-order valence-electron chi connectivity index (χ0n) is 14.0. The zero-order chi connectivity index (χ0) is 17.4. The Labute approximate surface area is 136 Å². The first-order valence-corrected chi connectivity index (χ1v) is 7.61. The molecule has 1 aromatic carbocycles. The predicted octanol–water partition coefficient (Wildman–Crippen LogP) is 1.89. The van der Waals surface area contributed by atoms with Crippen molar-refractivity contribution < 1.29 is 19.1 Å². The van der Waals surface area contributed by atoms with Gasteiger partial charge in [0.1, 0.15) is 0 Å². The van der Waals surface area contributed by atoms with E-state index in [2.05, 4.69) is 10.6 Å². The van der Waals surface area contributed by atoms with Crippen LogP contribution in [0.15, 0.2) is 24.3 Å². The summed E-state index contributed by atoms with van der Waals surface area (Å²) >= 11 is 0. The maximum atomic E-state index is 11.9. The number of benzene rings is 1. The van der Waals surface area contributed by atoms with E-state index >= 15 is 0 Å². The van der Waals surface area contributed by atoms with Crippen LogP contribution < -0.4 is 10.6 Å². The van der Waals surface area contributed by atoms with Crippen molar-refractivity contribution in [3.05, 3.63) is 29.8 Å². The van der Waals surface area contributed by atoms with Crippen molar-refractivity contribution in [2.24, 2.45) is 5.92 Å². The molecular weight excluding hydrogens is 296 g/mol. The van der Waals surface area contributed by atoms with Crippen molar-refractivity contribution in [2.45, 2.75) is 40.2 Å². The number of hydrogen-bond acceptors (Lipinski definition) is 4. The van der Waals surface area contributed by atoms with Crippen LogP contribution in [0.4, 0.5) is 5.69 Å². The van der Waals surface area contributed by atoms with E-state index in [9.17, 15) is 14.4 Å². The van der Waals surface area contributed by atoms with Crippen LogP contribution in [0, 0.1) is 5.92 Å². The Morgan fingerprint density at radius 1 is 1.09 bits per heavy atom. The zero-order valence-corrected chi connectivity index (χ0v) is 14.0. The molecule has 23 heavy (non-hydrogen) atoms. The molecule has 0 aromatic heterocycles. The number of carbonyl (C=O) groups is 3. The molecule has 0 aliphatic carbocycles. The van der Waals surface area contributed by atoms with Crippen molar-refractivity contribution in [2.75, 3.05) is 11.9 Å². The van der Waals surface area contributed by atoms with E-state index in [4.69, 9.17) is 4.74 Å². The molecule has 0 saturated carbocycles. The Bertz CT molecular complexity index is 552. The molecule has 0 heterocycles. The molecule has 2 amide bonds. The highest BCUT2D eigenvalue weighted by Crippen LogP contribution is 2.11. The van der Waals surface area contributed by atoms with Gasteiger partial charge in [0.15, 0.2) is 6.10 Å². The number of ether oxygens (including phenoxy) is 1. The topological polar surface area (TPSA) is 84.5 Å². The summed E-state index contributed by atoms with van der Waals surface area (Å²) in [5.41, 5.74) is 1.41. The molecule has 0 bridgehead atoms. The first kappa shape index (κ1) is 18.7. The van der Waals surface area contributed by atoms with E-state index < -0.39 is 12.1 Å². The maximum absolute atomic E-state index is 11.9. The van der Waals surface area contributed by atoms with Crippen LogP contribution in [-0.4, -0.2) is 30.4 Å². The molecule has 0 saturated heterocycles. The Kier molecular flexibility index (Phi) is 7.25. The normalized spacial score (nSPS) is 11.7. The van der Waals surface area contributed by atoms with Crippen LogP contribution in [-0.2, 0) is 25.5 Å². The van der Waals surface area contributed by atoms with Gasteiger partial charge in [0, 0.05) is 19.2 Å². The second-order valence-electron chi connectivity index (χ2n) is 5.83. The number of amides is 2. The van der Waals surface area contributed by atoms with Gasteiger partial charge in [-0.3, -0.25) is 14.4 Å². The minimum absolute atomic E-state index is 0.0716.